The zero-order valence-electron chi connectivity index (χ0n) is 15.2. The number of imidazole rings is 1. The number of para-hydroxylation sites is 1. The fourth-order valence-electron chi connectivity index (χ4n) is 2.96. The van der Waals surface area contributed by atoms with Gasteiger partial charge in [-0.1, -0.05) is 24.3 Å². The number of ether oxygens (including phenoxy) is 1. The zero-order chi connectivity index (χ0) is 19.5. The zero-order valence-corrected chi connectivity index (χ0v) is 15.2. The van der Waals surface area contributed by atoms with Crippen LogP contribution in [0.3, 0.4) is 0 Å². The van der Waals surface area contributed by atoms with Gasteiger partial charge >= 0.3 is 0 Å². The number of rotatable bonds is 5. The number of carbonyl (C=O) groups is 1. The van der Waals surface area contributed by atoms with Gasteiger partial charge in [-0.05, 0) is 48.9 Å². The summed E-state index contributed by atoms with van der Waals surface area (Å²) in [4.78, 5) is 17.0. The van der Waals surface area contributed by atoms with Crippen LogP contribution >= 0.6 is 0 Å². The van der Waals surface area contributed by atoms with E-state index in [1.807, 2.05) is 60.1 Å². The monoisotopic (exact) mass is 375 g/mol. The van der Waals surface area contributed by atoms with Crippen molar-refractivity contribution in [3.63, 3.8) is 0 Å². The fraction of sp³-hybridized carbons (Fsp3) is 0.0909. The molecule has 140 valence electrons. The molecular weight excluding hydrogens is 357 g/mol. The second kappa shape index (κ2) is 7.52. The molecule has 1 N–H and O–H groups in total. The Kier molecular flexibility index (Phi) is 4.76. The molecule has 0 radical (unpaired) electrons. The third-order valence-electron chi connectivity index (χ3n) is 4.34. The maximum absolute atomic E-state index is 12.9. The van der Waals surface area contributed by atoms with Crippen molar-refractivity contribution in [1.29, 1.82) is 0 Å². The highest BCUT2D eigenvalue weighted by atomic mass is 19.1. The molecule has 0 aliphatic rings. The molecule has 2 aromatic heterocycles. The van der Waals surface area contributed by atoms with Crippen LogP contribution in [0.25, 0.3) is 16.9 Å². The van der Waals surface area contributed by atoms with Gasteiger partial charge in [0.05, 0.1) is 11.4 Å². The molecular formula is C22H18FN3O2. The van der Waals surface area contributed by atoms with Gasteiger partial charge in [0.1, 0.15) is 17.2 Å². The summed E-state index contributed by atoms with van der Waals surface area (Å²) in [5.41, 5.74) is 4.18. The number of carbonyl (C=O) groups excluding carboxylic acids is 1. The molecule has 0 bridgehead atoms. The van der Waals surface area contributed by atoms with E-state index in [2.05, 4.69) is 5.32 Å². The van der Waals surface area contributed by atoms with Crippen LogP contribution in [-0.4, -0.2) is 21.9 Å². The van der Waals surface area contributed by atoms with E-state index in [1.165, 1.54) is 24.3 Å². The van der Waals surface area contributed by atoms with E-state index in [0.29, 0.717) is 11.4 Å². The lowest BCUT2D eigenvalue weighted by Gasteiger charge is -2.10. The number of fused-ring (bicyclic) bond motifs is 1. The number of hydrogen-bond acceptors (Lipinski definition) is 3. The third-order valence-corrected chi connectivity index (χ3v) is 4.34. The number of nitrogens with zero attached hydrogens (tertiary/aromatic N) is 2. The van der Waals surface area contributed by atoms with Gasteiger partial charge in [-0.2, -0.15) is 0 Å². The molecule has 28 heavy (non-hydrogen) atoms. The van der Waals surface area contributed by atoms with E-state index in [4.69, 9.17) is 9.72 Å². The van der Waals surface area contributed by atoms with Crippen molar-refractivity contribution in [2.45, 2.75) is 6.92 Å². The minimum atomic E-state index is -0.353. The highest BCUT2D eigenvalue weighted by Crippen LogP contribution is 2.28. The maximum atomic E-state index is 12.9. The third kappa shape index (κ3) is 3.71. The molecule has 4 rings (SSSR count). The molecule has 0 saturated heterocycles. The van der Waals surface area contributed by atoms with Crippen LogP contribution in [0.4, 0.5) is 10.1 Å². The minimum Gasteiger partial charge on any atom is -0.484 e. The fourth-order valence-corrected chi connectivity index (χ4v) is 2.96. The van der Waals surface area contributed by atoms with E-state index in [1.54, 1.807) is 0 Å². The average molecular weight is 375 g/mol. The second-order valence-electron chi connectivity index (χ2n) is 6.38. The van der Waals surface area contributed by atoms with Crippen LogP contribution in [0.15, 0.2) is 73.1 Å². The number of benzene rings is 2. The molecule has 0 aliphatic carbocycles. The molecule has 0 unspecified atom stereocenters. The smallest absolute Gasteiger partial charge is 0.262 e. The van der Waals surface area contributed by atoms with E-state index in [0.717, 1.165) is 22.5 Å². The van der Waals surface area contributed by atoms with Crippen molar-refractivity contribution in [3.05, 3.63) is 84.4 Å². The van der Waals surface area contributed by atoms with Crippen molar-refractivity contribution in [2.24, 2.45) is 0 Å². The Morgan fingerprint density at radius 1 is 1.11 bits per heavy atom. The van der Waals surface area contributed by atoms with Gasteiger partial charge in [0.15, 0.2) is 6.61 Å². The van der Waals surface area contributed by atoms with Crippen molar-refractivity contribution in [3.8, 4) is 17.0 Å². The van der Waals surface area contributed by atoms with Crippen molar-refractivity contribution in [2.75, 3.05) is 11.9 Å². The standard InChI is InChI=1S/C22H18FN3O2/c1-15-5-4-12-26-13-20(25-22(15)26)18-6-2-3-7-19(18)24-21(27)14-28-17-10-8-16(23)9-11-17/h2-13H,14H2,1H3,(H,24,27). The number of halogens is 1. The lowest BCUT2D eigenvalue weighted by atomic mass is 10.1. The second-order valence-corrected chi connectivity index (χ2v) is 6.38. The summed E-state index contributed by atoms with van der Waals surface area (Å²) in [6.45, 7) is 1.83. The number of anilines is 1. The Bertz CT molecular complexity index is 1140. The van der Waals surface area contributed by atoms with Crippen LogP contribution in [0, 0.1) is 12.7 Å². The first-order valence-electron chi connectivity index (χ1n) is 8.82. The van der Waals surface area contributed by atoms with Crippen LogP contribution in [0.1, 0.15) is 5.56 Å². The van der Waals surface area contributed by atoms with Crippen LogP contribution in [-0.2, 0) is 4.79 Å². The van der Waals surface area contributed by atoms with Crippen LogP contribution < -0.4 is 10.1 Å². The number of aromatic nitrogens is 2. The molecule has 2 heterocycles. The van der Waals surface area contributed by atoms with Gasteiger partial charge in [0, 0.05) is 18.0 Å². The molecule has 2 aromatic carbocycles. The van der Waals surface area contributed by atoms with Crippen LogP contribution in [0.2, 0.25) is 0 Å². The van der Waals surface area contributed by atoms with Gasteiger partial charge < -0.3 is 14.5 Å². The molecule has 0 fully saturated rings. The summed E-state index contributed by atoms with van der Waals surface area (Å²) < 4.78 is 20.3. The first kappa shape index (κ1) is 17.7. The quantitative estimate of drug-likeness (QED) is 0.560. The lowest BCUT2D eigenvalue weighted by molar-refractivity contribution is -0.118. The predicted octanol–water partition coefficient (Wildman–Crippen LogP) is 4.47. The first-order valence-corrected chi connectivity index (χ1v) is 8.82. The van der Waals surface area contributed by atoms with Gasteiger partial charge in [0.2, 0.25) is 0 Å². The molecule has 0 aliphatic heterocycles. The van der Waals surface area contributed by atoms with Gasteiger partial charge in [-0.15, -0.1) is 0 Å². The first-order chi connectivity index (χ1) is 13.6. The summed E-state index contributed by atoms with van der Waals surface area (Å²) in [7, 11) is 0. The normalized spacial score (nSPS) is 10.8. The van der Waals surface area contributed by atoms with E-state index in [9.17, 15) is 9.18 Å². The van der Waals surface area contributed by atoms with Crippen LogP contribution in [0.5, 0.6) is 5.75 Å². The number of hydrogen-bond donors (Lipinski definition) is 1. The molecule has 4 aromatic rings. The number of amides is 1. The van der Waals surface area contributed by atoms with E-state index >= 15 is 0 Å². The Balaban J connectivity index is 1.53. The summed E-state index contributed by atoms with van der Waals surface area (Å²) in [6.07, 6.45) is 3.87. The Hall–Kier alpha value is -3.67. The molecule has 5 nitrogen and oxygen atoms in total. The van der Waals surface area contributed by atoms with Gasteiger partial charge in [0.25, 0.3) is 5.91 Å². The van der Waals surface area contributed by atoms with Gasteiger partial charge in [-0.3, -0.25) is 4.79 Å². The van der Waals surface area contributed by atoms with Gasteiger partial charge in [-0.25, -0.2) is 9.37 Å². The summed E-state index contributed by atoms with van der Waals surface area (Å²) in [6, 6.07) is 17.0. The SMILES string of the molecule is Cc1cccn2cc(-c3ccccc3NC(=O)COc3ccc(F)cc3)nc12. The van der Waals surface area contributed by atoms with E-state index in [-0.39, 0.29) is 18.3 Å². The minimum absolute atomic E-state index is 0.176. The largest absolute Gasteiger partial charge is 0.484 e. The molecule has 1 amide bonds. The highest BCUT2D eigenvalue weighted by molar-refractivity contribution is 5.96. The molecule has 6 heteroatoms. The summed E-state index contributed by atoms with van der Waals surface area (Å²) >= 11 is 0. The summed E-state index contributed by atoms with van der Waals surface area (Å²) in [5.74, 6) is -0.231. The van der Waals surface area contributed by atoms with E-state index < -0.39 is 0 Å². The average Bonchev–Trinajstić information content (AvgIpc) is 3.13. The van der Waals surface area contributed by atoms with Crippen molar-refractivity contribution < 1.29 is 13.9 Å². The highest BCUT2D eigenvalue weighted by Gasteiger charge is 2.12. The molecule has 0 saturated carbocycles. The summed E-state index contributed by atoms with van der Waals surface area (Å²) in [5, 5.41) is 2.86. The molecule has 0 spiro atoms. The number of aryl methyl sites for hydroxylation is 1. The predicted molar refractivity (Wildman–Crippen MR) is 106 cm³/mol. The van der Waals surface area contributed by atoms with Crippen molar-refractivity contribution in [1.82, 2.24) is 9.38 Å². The Morgan fingerprint density at radius 3 is 2.68 bits per heavy atom. The topological polar surface area (TPSA) is 55.6 Å². The van der Waals surface area contributed by atoms with Crippen molar-refractivity contribution >= 4 is 17.2 Å². The number of pyridine rings is 1. The number of nitrogens with one attached hydrogen (secondary N) is 1. The lowest BCUT2D eigenvalue weighted by Crippen LogP contribution is -2.20. The Morgan fingerprint density at radius 2 is 1.89 bits per heavy atom. The Labute approximate surface area is 161 Å². The maximum Gasteiger partial charge on any atom is 0.262 e. The molecule has 0 atom stereocenters.